The highest BCUT2D eigenvalue weighted by Crippen LogP contribution is 2.17. The summed E-state index contributed by atoms with van der Waals surface area (Å²) in [7, 11) is 0. The van der Waals surface area contributed by atoms with Gasteiger partial charge in [0.1, 0.15) is 5.75 Å². The van der Waals surface area contributed by atoms with Crippen molar-refractivity contribution in [3.63, 3.8) is 0 Å². The van der Waals surface area contributed by atoms with E-state index in [0.29, 0.717) is 29.7 Å². The fourth-order valence-corrected chi connectivity index (χ4v) is 2.31. The van der Waals surface area contributed by atoms with Crippen molar-refractivity contribution in [2.45, 2.75) is 13.3 Å². The van der Waals surface area contributed by atoms with Crippen molar-refractivity contribution in [3.8, 4) is 5.75 Å². The van der Waals surface area contributed by atoms with Gasteiger partial charge in [-0.3, -0.25) is 10.2 Å². The van der Waals surface area contributed by atoms with Gasteiger partial charge in [-0.15, -0.1) is 11.3 Å². The standard InChI is InChI=1S/C15H19N5O2S/c1-11(21)19-12-4-2-5-13(10-12)22-8-3-6-17-14(16)20-15-18-7-9-23-15/h2,4-5,7,9-10H,3,6,8H2,1H3,(H,19,21)(H3,16,17,18,20). The minimum Gasteiger partial charge on any atom is -0.493 e. The van der Waals surface area contributed by atoms with Crippen LogP contribution in [0, 0.1) is 5.41 Å². The van der Waals surface area contributed by atoms with Crippen molar-refractivity contribution in [2.75, 3.05) is 23.8 Å². The molecule has 1 aromatic heterocycles. The fourth-order valence-electron chi connectivity index (χ4n) is 1.78. The number of nitrogens with one attached hydrogen (secondary N) is 4. The summed E-state index contributed by atoms with van der Waals surface area (Å²) in [5, 5.41) is 18.8. The Morgan fingerprint density at radius 3 is 3.00 bits per heavy atom. The third-order valence-corrected chi connectivity index (χ3v) is 3.40. The fraction of sp³-hybridized carbons (Fsp3) is 0.267. The smallest absolute Gasteiger partial charge is 0.221 e. The van der Waals surface area contributed by atoms with E-state index in [2.05, 4.69) is 20.9 Å². The molecule has 0 saturated heterocycles. The topological polar surface area (TPSA) is 99.1 Å². The molecule has 0 fully saturated rings. The molecule has 1 amide bonds. The Hall–Kier alpha value is -2.61. The van der Waals surface area contributed by atoms with E-state index in [1.165, 1.54) is 18.3 Å². The maximum atomic E-state index is 11.0. The van der Waals surface area contributed by atoms with Crippen LogP contribution in [0.2, 0.25) is 0 Å². The largest absolute Gasteiger partial charge is 0.493 e. The predicted octanol–water partition coefficient (Wildman–Crippen LogP) is 2.51. The molecule has 0 bridgehead atoms. The first-order valence-electron chi connectivity index (χ1n) is 7.13. The van der Waals surface area contributed by atoms with Gasteiger partial charge in [-0.25, -0.2) is 4.98 Å². The number of guanidine groups is 1. The van der Waals surface area contributed by atoms with Crippen LogP contribution in [0.4, 0.5) is 10.8 Å². The van der Waals surface area contributed by atoms with Crippen LogP contribution in [-0.2, 0) is 4.79 Å². The van der Waals surface area contributed by atoms with Crippen LogP contribution in [0.25, 0.3) is 0 Å². The van der Waals surface area contributed by atoms with Gasteiger partial charge in [-0.05, 0) is 18.6 Å². The zero-order chi connectivity index (χ0) is 16.5. The molecule has 7 nitrogen and oxygen atoms in total. The number of carbonyl (C=O) groups excluding carboxylic acids is 1. The van der Waals surface area contributed by atoms with Crippen LogP contribution < -0.4 is 20.7 Å². The summed E-state index contributed by atoms with van der Waals surface area (Å²) in [4.78, 5) is 15.1. The summed E-state index contributed by atoms with van der Waals surface area (Å²) in [5.41, 5.74) is 0.711. The number of hydrogen-bond donors (Lipinski definition) is 4. The molecule has 0 aliphatic rings. The molecule has 4 N–H and O–H groups in total. The van der Waals surface area contributed by atoms with E-state index in [-0.39, 0.29) is 11.9 Å². The number of anilines is 2. The van der Waals surface area contributed by atoms with E-state index in [0.717, 1.165) is 6.42 Å². The molecule has 0 aliphatic heterocycles. The van der Waals surface area contributed by atoms with Gasteiger partial charge in [0.15, 0.2) is 11.1 Å². The number of benzene rings is 1. The van der Waals surface area contributed by atoms with Gasteiger partial charge >= 0.3 is 0 Å². The summed E-state index contributed by atoms with van der Waals surface area (Å²) in [6, 6.07) is 7.25. The van der Waals surface area contributed by atoms with E-state index in [1.807, 2.05) is 17.5 Å². The monoisotopic (exact) mass is 333 g/mol. The molecule has 122 valence electrons. The highest BCUT2D eigenvalue weighted by Gasteiger charge is 2.00. The number of thiazole rings is 1. The van der Waals surface area contributed by atoms with E-state index in [9.17, 15) is 4.79 Å². The molecule has 2 rings (SSSR count). The van der Waals surface area contributed by atoms with Crippen LogP contribution in [0.1, 0.15) is 13.3 Å². The second-order valence-corrected chi connectivity index (χ2v) is 5.57. The first kappa shape index (κ1) is 16.8. The number of carbonyl (C=O) groups is 1. The second-order valence-electron chi connectivity index (χ2n) is 4.68. The van der Waals surface area contributed by atoms with E-state index in [4.69, 9.17) is 10.1 Å². The van der Waals surface area contributed by atoms with Crippen molar-refractivity contribution in [3.05, 3.63) is 35.8 Å². The van der Waals surface area contributed by atoms with E-state index < -0.39 is 0 Å². The molecule has 0 radical (unpaired) electrons. The number of aromatic nitrogens is 1. The molecule has 0 spiro atoms. The Balaban J connectivity index is 1.63. The van der Waals surface area contributed by atoms with Gasteiger partial charge in [0.2, 0.25) is 5.91 Å². The maximum Gasteiger partial charge on any atom is 0.221 e. The maximum absolute atomic E-state index is 11.0. The molecule has 0 atom stereocenters. The first-order valence-corrected chi connectivity index (χ1v) is 8.01. The molecular formula is C15H19N5O2S. The number of ether oxygens (including phenoxy) is 1. The van der Waals surface area contributed by atoms with E-state index >= 15 is 0 Å². The Bertz CT molecular complexity index is 645. The molecule has 8 heteroatoms. The normalized spacial score (nSPS) is 9.96. The summed E-state index contributed by atoms with van der Waals surface area (Å²) in [6.45, 7) is 2.59. The summed E-state index contributed by atoms with van der Waals surface area (Å²) in [5.74, 6) is 0.803. The average molecular weight is 333 g/mol. The van der Waals surface area contributed by atoms with Crippen molar-refractivity contribution < 1.29 is 9.53 Å². The lowest BCUT2D eigenvalue weighted by atomic mass is 10.3. The van der Waals surface area contributed by atoms with Gasteiger partial charge in [0, 0.05) is 36.8 Å². The molecule has 23 heavy (non-hydrogen) atoms. The zero-order valence-electron chi connectivity index (χ0n) is 12.8. The zero-order valence-corrected chi connectivity index (χ0v) is 13.6. The van der Waals surface area contributed by atoms with Gasteiger partial charge in [0.05, 0.1) is 6.61 Å². The number of hydrogen-bond acceptors (Lipinski definition) is 5. The first-order chi connectivity index (χ1) is 11.1. The van der Waals surface area contributed by atoms with Crippen molar-refractivity contribution >= 4 is 34.0 Å². The lowest BCUT2D eigenvalue weighted by Gasteiger charge is -2.10. The highest BCUT2D eigenvalue weighted by molar-refractivity contribution is 7.13. The highest BCUT2D eigenvalue weighted by atomic mass is 32.1. The minimum absolute atomic E-state index is 0.113. The van der Waals surface area contributed by atoms with Crippen LogP contribution in [0.5, 0.6) is 5.75 Å². The quantitative estimate of drug-likeness (QED) is 0.354. The van der Waals surface area contributed by atoms with Gasteiger partial charge in [0.25, 0.3) is 0 Å². The van der Waals surface area contributed by atoms with Crippen LogP contribution >= 0.6 is 11.3 Å². The second kappa shape index (κ2) is 8.74. The Kier molecular flexibility index (Phi) is 6.37. The van der Waals surface area contributed by atoms with Gasteiger partial charge in [-0.1, -0.05) is 6.07 Å². The number of rotatable bonds is 7. The molecule has 0 saturated carbocycles. The lowest BCUT2D eigenvalue weighted by Crippen LogP contribution is -2.31. The van der Waals surface area contributed by atoms with Crippen LogP contribution in [0.3, 0.4) is 0 Å². The van der Waals surface area contributed by atoms with E-state index in [1.54, 1.807) is 18.3 Å². The molecular weight excluding hydrogens is 314 g/mol. The number of amides is 1. The average Bonchev–Trinajstić information content (AvgIpc) is 2.99. The van der Waals surface area contributed by atoms with Crippen LogP contribution in [-0.4, -0.2) is 30.0 Å². The van der Waals surface area contributed by atoms with Crippen molar-refractivity contribution in [1.82, 2.24) is 10.3 Å². The molecule has 1 heterocycles. The molecule has 1 aromatic carbocycles. The summed E-state index contributed by atoms with van der Waals surface area (Å²) in [6.07, 6.45) is 2.43. The van der Waals surface area contributed by atoms with Gasteiger partial charge < -0.3 is 20.7 Å². The predicted molar refractivity (Wildman–Crippen MR) is 92.3 cm³/mol. The Morgan fingerprint density at radius 1 is 1.39 bits per heavy atom. The van der Waals surface area contributed by atoms with Crippen molar-refractivity contribution in [1.29, 1.82) is 5.41 Å². The van der Waals surface area contributed by atoms with Gasteiger partial charge in [-0.2, -0.15) is 0 Å². The van der Waals surface area contributed by atoms with Crippen molar-refractivity contribution in [2.24, 2.45) is 0 Å². The Morgan fingerprint density at radius 2 is 2.26 bits per heavy atom. The third kappa shape index (κ3) is 6.35. The lowest BCUT2D eigenvalue weighted by molar-refractivity contribution is -0.114. The molecule has 0 aliphatic carbocycles. The molecule has 2 aromatic rings. The summed E-state index contributed by atoms with van der Waals surface area (Å²) >= 11 is 1.44. The SMILES string of the molecule is CC(=O)Nc1cccc(OCCCNC(=N)Nc2nccs2)c1. The third-order valence-electron chi connectivity index (χ3n) is 2.71. The van der Waals surface area contributed by atoms with Crippen LogP contribution in [0.15, 0.2) is 35.8 Å². The Labute approximate surface area is 138 Å². The number of nitrogens with zero attached hydrogens (tertiary/aromatic N) is 1. The minimum atomic E-state index is -0.113. The molecule has 0 unspecified atom stereocenters. The summed E-state index contributed by atoms with van der Waals surface area (Å²) < 4.78 is 5.62.